The van der Waals surface area contributed by atoms with Gasteiger partial charge in [-0.05, 0) is 62.4 Å². The summed E-state index contributed by atoms with van der Waals surface area (Å²) in [4.78, 5) is 0. The predicted octanol–water partition coefficient (Wildman–Crippen LogP) is 2.20. The van der Waals surface area contributed by atoms with E-state index < -0.39 is 0 Å². The smallest absolute Gasteiger partial charge is 0.122 e. The Bertz CT molecular complexity index is 413. The van der Waals surface area contributed by atoms with Gasteiger partial charge in [0.15, 0.2) is 0 Å². The highest BCUT2D eigenvalue weighted by atomic mass is 16.5. The van der Waals surface area contributed by atoms with Crippen LogP contribution in [0.1, 0.15) is 29.5 Å². The molecule has 1 saturated carbocycles. The fourth-order valence-corrected chi connectivity index (χ4v) is 2.34. The van der Waals surface area contributed by atoms with E-state index in [0.717, 1.165) is 37.8 Å². The summed E-state index contributed by atoms with van der Waals surface area (Å²) in [6.45, 7) is 7.45. The zero-order valence-electron chi connectivity index (χ0n) is 12.4. The van der Waals surface area contributed by atoms with Crippen LogP contribution in [0, 0.1) is 13.8 Å². The molecule has 1 aliphatic rings. The number of hydrogen-bond donors (Lipinski definition) is 2. The Labute approximate surface area is 116 Å². The molecule has 1 aromatic rings. The average molecular weight is 262 g/mol. The van der Waals surface area contributed by atoms with Crippen LogP contribution in [0.25, 0.3) is 0 Å². The number of hydrogen-bond acceptors (Lipinski definition) is 3. The minimum Gasteiger partial charge on any atom is -0.496 e. The van der Waals surface area contributed by atoms with Crippen molar-refractivity contribution in [2.24, 2.45) is 0 Å². The maximum atomic E-state index is 5.34. The zero-order valence-corrected chi connectivity index (χ0v) is 12.4. The SMILES string of the molecule is COc1cc(C)c(CCNCCNC2CC2)cc1C. The summed E-state index contributed by atoms with van der Waals surface area (Å²) in [5, 5.41) is 7.01. The third-order valence-corrected chi connectivity index (χ3v) is 3.74. The third-order valence-electron chi connectivity index (χ3n) is 3.74. The lowest BCUT2D eigenvalue weighted by Crippen LogP contribution is -2.29. The number of methoxy groups -OCH3 is 1. The van der Waals surface area contributed by atoms with E-state index in [9.17, 15) is 0 Å². The van der Waals surface area contributed by atoms with E-state index in [1.165, 1.54) is 29.5 Å². The van der Waals surface area contributed by atoms with Crippen molar-refractivity contribution in [2.45, 2.75) is 39.2 Å². The van der Waals surface area contributed by atoms with Gasteiger partial charge in [0.05, 0.1) is 7.11 Å². The van der Waals surface area contributed by atoms with Gasteiger partial charge in [-0.1, -0.05) is 6.07 Å². The van der Waals surface area contributed by atoms with Gasteiger partial charge in [0.2, 0.25) is 0 Å². The van der Waals surface area contributed by atoms with Gasteiger partial charge >= 0.3 is 0 Å². The molecule has 0 atom stereocenters. The number of rotatable bonds is 8. The summed E-state index contributed by atoms with van der Waals surface area (Å²) in [6.07, 6.45) is 3.81. The van der Waals surface area contributed by atoms with Gasteiger partial charge < -0.3 is 15.4 Å². The van der Waals surface area contributed by atoms with Crippen LogP contribution in [-0.4, -0.2) is 32.8 Å². The van der Waals surface area contributed by atoms with E-state index in [4.69, 9.17) is 4.74 Å². The van der Waals surface area contributed by atoms with Crippen molar-refractivity contribution in [1.82, 2.24) is 10.6 Å². The van der Waals surface area contributed by atoms with Crippen molar-refractivity contribution in [1.29, 1.82) is 0 Å². The van der Waals surface area contributed by atoms with Crippen LogP contribution in [0.3, 0.4) is 0 Å². The first-order valence-electron chi connectivity index (χ1n) is 7.29. The van der Waals surface area contributed by atoms with Crippen LogP contribution in [0.2, 0.25) is 0 Å². The molecule has 0 bridgehead atoms. The van der Waals surface area contributed by atoms with E-state index in [2.05, 4.69) is 36.6 Å². The van der Waals surface area contributed by atoms with E-state index in [-0.39, 0.29) is 0 Å². The van der Waals surface area contributed by atoms with Gasteiger partial charge in [0.25, 0.3) is 0 Å². The van der Waals surface area contributed by atoms with Gasteiger partial charge in [-0.2, -0.15) is 0 Å². The topological polar surface area (TPSA) is 33.3 Å². The highest BCUT2D eigenvalue weighted by molar-refractivity contribution is 5.41. The Morgan fingerprint density at radius 3 is 2.58 bits per heavy atom. The molecule has 2 rings (SSSR count). The molecular weight excluding hydrogens is 236 g/mol. The Kier molecular flexibility index (Phi) is 5.23. The van der Waals surface area contributed by atoms with Crippen LogP contribution in [-0.2, 0) is 6.42 Å². The molecule has 0 aliphatic heterocycles. The van der Waals surface area contributed by atoms with Gasteiger partial charge in [-0.3, -0.25) is 0 Å². The number of aryl methyl sites for hydroxylation is 2. The molecule has 0 aromatic heterocycles. The van der Waals surface area contributed by atoms with Crippen molar-refractivity contribution in [3.63, 3.8) is 0 Å². The monoisotopic (exact) mass is 262 g/mol. The van der Waals surface area contributed by atoms with E-state index in [1.807, 2.05) is 0 Å². The standard InChI is InChI=1S/C16H26N2O/c1-12-11-16(19-3)13(2)10-14(12)6-7-17-8-9-18-15-4-5-15/h10-11,15,17-18H,4-9H2,1-3H3. The van der Waals surface area contributed by atoms with E-state index >= 15 is 0 Å². The molecule has 0 spiro atoms. The molecule has 106 valence electrons. The quantitative estimate of drug-likeness (QED) is 0.705. The Hall–Kier alpha value is -1.06. The third kappa shape index (κ3) is 4.51. The molecule has 0 unspecified atom stereocenters. The number of ether oxygens (including phenoxy) is 1. The largest absolute Gasteiger partial charge is 0.496 e. The fourth-order valence-electron chi connectivity index (χ4n) is 2.34. The average Bonchev–Trinajstić information content (AvgIpc) is 3.21. The fraction of sp³-hybridized carbons (Fsp3) is 0.625. The Morgan fingerprint density at radius 1 is 1.11 bits per heavy atom. The minimum atomic E-state index is 0.813. The second kappa shape index (κ2) is 6.92. The van der Waals surface area contributed by atoms with Crippen LogP contribution >= 0.6 is 0 Å². The summed E-state index contributed by atoms with van der Waals surface area (Å²) in [7, 11) is 1.73. The molecule has 3 heteroatoms. The zero-order chi connectivity index (χ0) is 13.7. The van der Waals surface area contributed by atoms with Crippen LogP contribution in [0.4, 0.5) is 0 Å². The highest BCUT2D eigenvalue weighted by Gasteiger charge is 2.19. The maximum Gasteiger partial charge on any atom is 0.122 e. The first kappa shape index (κ1) is 14.4. The summed E-state index contributed by atoms with van der Waals surface area (Å²) >= 11 is 0. The lowest BCUT2D eigenvalue weighted by Gasteiger charge is -2.12. The Morgan fingerprint density at radius 2 is 1.89 bits per heavy atom. The molecule has 2 N–H and O–H groups in total. The van der Waals surface area contributed by atoms with E-state index in [0.29, 0.717) is 0 Å². The molecular formula is C16H26N2O. The minimum absolute atomic E-state index is 0.813. The van der Waals surface area contributed by atoms with Gasteiger partial charge in [0.1, 0.15) is 5.75 Å². The first-order chi connectivity index (χ1) is 9.20. The van der Waals surface area contributed by atoms with Crippen LogP contribution in [0.5, 0.6) is 5.75 Å². The molecule has 0 radical (unpaired) electrons. The number of nitrogens with one attached hydrogen (secondary N) is 2. The van der Waals surface area contributed by atoms with Gasteiger partial charge in [-0.25, -0.2) is 0 Å². The molecule has 0 saturated heterocycles. The molecule has 1 aromatic carbocycles. The lowest BCUT2D eigenvalue weighted by molar-refractivity contribution is 0.411. The van der Waals surface area contributed by atoms with Crippen molar-refractivity contribution in [3.05, 3.63) is 28.8 Å². The van der Waals surface area contributed by atoms with Gasteiger partial charge in [0, 0.05) is 19.1 Å². The van der Waals surface area contributed by atoms with Crippen LogP contribution in [0.15, 0.2) is 12.1 Å². The lowest BCUT2D eigenvalue weighted by atomic mass is 10.0. The summed E-state index contributed by atoms with van der Waals surface area (Å²) < 4.78 is 5.34. The van der Waals surface area contributed by atoms with Crippen molar-refractivity contribution < 1.29 is 4.74 Å². The molecule has 3 nitrogen and oxygen atoms in total. The van der Waals surface area contributed by atoms with E-state index in [1.54, 1.807) is 7.11 Å². The molecule has 0 amide bonds. The number of benzene rings is 1. The van der Waals surface area contributed by atoms with Gasteiger partial charge in [-0.15, -0.1) is 0 Å². The van der Waals surface area contributed by atoms with Crippen LogP contribution < -0.4 is 15.4 Å². The first-order valence-corrected chi connectivity index (χ1v) is 7.29. The van der Waals surface area contributed by atoms with Crippen molar-refractivity contribution in [3.8, 4) is 5.75 Å². The van der Waals surface area contributed by atoms with Crippen molar-refractivity contribution in [2.75, 3.05) is 26.7 Å². The summed E-state index contributed by atoms with van der Waals surface area (Å²) in [5.74, 6) is 0.989. The summed E-state index contributed by atoms with van der Waals surface area (Å²) in [5.41, 5.74) is 3.96. The van der Waals surface area contributed by atoms with Crippen molar-refractivity contribution >= 4 is 0 Å². The molecule has 0 heterocycles. The molecule has 19 heavy (non-hydrogen) atoms. The second-order valence-electron chi connectivity index (χ2n) is 5.48. The molecule has 1 aliphatic carbocycles. The molecule has 1 fully saturated rings. The highest BCUT2D eigenvalue weighted by Crippen LogP contribution is 2.22. The Balaban J connectivity index is 1.70. The predicted molar refractivity (Wildman–Crippen MR) is 80.1 cm³/mol. The second-order valence-corrected chi connectivity index (χ2v) is 5.48. The normalized spacial score (nSPS) is 14.7. The summed E-state index contributed by atoms with van der Waals surface area (Å²) in [6, 6.07) is 5.20. The maximum absolute atomic E-state index is 5.34.